The second-order valence-electron chi connectivity index (χ2n) is 6.60. The molecule has 0 bridgehead atoms. The van der Waals surface area contributed by atoms with E-state index in [-0.39, 0.29) is 0 Å². The summed E-state index contributed by atoms with van der Waals surface area (Å²) in [6, 6.07) is 17.2. The summed E-state index contributed by atoms with van der Waals surface area (Å²) in [6.07, 6.45) is 3.89. The van der Waals surface area contributed by atoms with Gasteiger partial charge in [-0.3, -0.25) is 0 Å². The van der Waals surface area contributed by atoms with Crippen molar-refractivity contribution in [2.45, 2.75) is 38.7 Å². The minimum atomic E-state index is -2.90. The van der Waals surface area contributed by atoms with E-state index in [1.165, 1.54) is 5.56 Å². The van der Waals surface area contributed by atoms with Crippen LogP contribution in [0, 0.1) is 0 Å². The second kappa shape index (κ2) is 13.2. The molecule has 0 N–H and O–H groups in total. The minimum absolute atomic E-state index is 0.491. The molecule has 4 nitrogen and oxygen atoms in total. The molecule has 0 unspecified atom stereocenters. The number of isothiocyanates is 3. The van der Waals surface area contributed by atoms with Crippen LogP contribution in [0.15, 0.2) is 62.5 Å². The van der Waals surface area contributed by atoms with Crippen LogP contribution in [0.5, 0.6) is 5.75 Å². The van der Waals surface area contributed by atoms with Gasteiger partial charge in [-0.15, -0.1) is 0 Å². The van der Waals surface area contributed by atoms with Crippen molar-refractivity contribution in [1.82, 2.24) is 0 Å². The van der Waals surface area contributed by atoms with E-state index >= 15 is 0 Å². The van der Waals surface area contributed by atoms with Gasteiger partial charge in [0, 0.05) is 11.6 Å². The van der Waals surface area contributed by atoms with Crippen LogP contribution in [-0.2, 0) is 6.42 Å². The molecule has 0 atom stereocenters. The zero-order valence-corrected chi connectivity index (χ0v) is 20.3. The molecule has 2 aromatic carbocycles. The number of benzene rings is 2. The molecule has 0 heterocycles. The van der Waals surface area contributed by atoms with Gasteiger partial charge in [0.05, 0.1) is 22.1 Å². The lowest BCUT2D eigenvalue weighted by Crippen LogP contribution is -2.28. The SMILES string of the molecule is CCCCc1cccc(-c2ccccc2)c1OCCC[Si](N=C=S)(N=C=S)N=C=S. The van der Waals surface area contributed by atoms with Crippen LogP contribution in [-0.4, -0.2) is 30.6 Å². The monoisotopic (exact) mass is 469 g/mol. The van der Waals surface area contributed by atoms with E-state index in [0.29, 0.717) is 19.1 Å². The second-order valence-corrected chi connectivity index (χ2v) is 9.87. The van der Waals surface area contributed by atoms with Gasteiger partial charge in [-0.25, -0.2) is 14.0 Å². The summed E-state index contributed by atoms with van der Waals surface area (Å²) in [4.78, 5) is 0. The van der Waals surface area contributed by atoms with Crippen molar-refractivity contribution in [3.63, 3.8) is 0 Å². The molecule has 2 aromatic rings. The Balaban J connectivity index is 2.23. The van der Waals surface area contributed by atoms with Crippen LogP contribution in [0.2, 0.25) is 6.04 Å². The number of aryl methyl sites for hydroxylation is 1. The van der Waals surface area contributed by atoms with Crippen molar-refractivity contribution < 1.29 is 4.74 Å². The van der Waals surface area contributed by atoms with Crippen molar-refractivity contribution >= 4 is 60.7 Å². The first kappa shape index (κ1) is 24.1. The van der Waals surface area contributed by atoms with Crippen LogP contribution in [0.1, 0.15) is 31.7 Å². The van der Waals surface area contributed by atoms with Crippen LogP contribution in [0.4, 0.5) is 0 Å². The average Bonchev–Trinajstić information content (AvgIpc) is 2.77. The van der Waals surface area contributed by atoms with E-state index < -0.39 is 8.56 Å². The normalized spacial score (nSPS) is 11.9. The van der Waals surface area contributed by atoms with Gasteiger partial charge in [-0.05, 0) is 67.0 Å². The summed E-state index contributed by atoms with van der Waals surface area (Å²) in [5.41, 5.74) is 3.45. The Morgan fingerprint density at radius 2 is 1.53 bits per heavy atom. The third-order valence-electron chi connectivity index (χ3n) is 4.56. The maximum Gasteiger partial charge on any atom is 0.461 e. The summed E-state index contributed by atoms with van der Waals surface area (Å²) < 4.78 is 18.8. The van der Waals surface area contributed by atoms with Gasteiger partial charge >= 0.3 is 8.56 Å². The van der Waals surface area contributed by atoms with Crippen molar-refractivity contribution in [2.75, 3.05) is 6.61 Å². The largest absolute Gasteiger partial charge is 0.493 e. The molecule has 0 saturated carbocycles. The summed E-state index contributed by atoms with van der Waals surface area (Å²) in [7, 11) is -2.90. The number of unbranched alkanes of at least 4 members (excludes halogenated alkanes) is 1. The third kappa shape index (κ3) is 6.98. The standard InChI is InChI=1S/C22H23N3OS3Si/c1-2-3-9-20-12-7-13-21(19-10-5-4-6-11-19)22(20)26-14-8-15-30(23-16-27,24-17-28)25-18-29/h4-7,10-13H,2-3,8-9,14-15H2,1H3. The molecule has 2 rings (SSSR count). The molecule has 0 aliphatic carbocycles. The molecule has 0 aliphatic rings. The fourth-order valence-corrected chi connectivity index (χ4v) is 5.97. The Bertz CT molecular complexity index is 935. The number of hydrogen-bond donors (Lipinski definition) is 0. The molecule has 8 heteroatoms. The zero-order valence-electron chi connectivity index (χ0n) is 16.8. The topological polar surface area (TPSA) is 46.3 Å². The highest BCUT2D eigenvalue weighted by Gasteiger charge is 2.34. The summed E-state index contributed by atoms with van der Waals surface area (Å²) in [5, 5.41) is 7.11. The van der Waals surface area contributed by atoms with Gasteiger partial charge in [0.2, 0.25) is 0 Å². The van der Waals surface area contributed by atoms with Crippen LogP contribution in [0.3, 0.4) is 0 Å². The Kier molecular flexibility index (Phi) is 10.6. The fourth-order valence-electron chi connectivity index (χ4n) is 3.11. The maximum atomic E-state index is 6.31. The third-order valence-corrected chi connectivity index (χ3v) is 7.75. The molecule has 0 saturated heterocycles. The van der Waals surface area contributed by atoms with Gasteiger partial charge in [-0.2, -0.15) is 0 Å². The number of rotatable bonds is 12. The predicted molar refractivity (Wildman–Crippen MR) is 136 cm³/mol. The lowest BCUT2D eigenvalue weighted by atomic mass is 9.98. The highest BCUT2D eigenvalue weighted by molar-refractivity contribution is 7.78. The minimum Gasteiger partial charge on any atom is -0.493 e. The van der Waals surface area contributed by atoms with Crippen molar-refractivity contribution in [3.05, 3.63) is 54.1 Å². The number of ether oxygens (including phenoxy) is 1. The Labute approximate surface area is 195 Å². The van der Waals surface area contributed by atoms with Crippen molar-refractivity contribution in [3.8, 4) is 16.9 Å². The quantitative estimate of drug-likeness (QED) is 0.150. The van der Waals surface area contributed by atoms with E-state index in [0.717, 1.165) is 36.1 Å². The highest BCUT2D eigenvalue weighted by Crippen LogP contribution is 2.34. The Morgan fingerprint density at radius 3 is 2.13 bits per heavy atom. The summed E-state index contributed by atoms with van der Waals surface area (Å²) in [6.45, 7) is 2.68. The molecule has 0 aliphatic heterocycles. The van der Waals surface area contributed by atoms with Gasteiger partial charge in [-0.1, -0.05) is 61.9 Å². The van der Waals surface area contributed by atoms with Gasteiger partial charge in [0.1, 0.15) is 5.75 Å². The number of para-hydroxylation sites is 1. The predicted octanol–water partition coefficient (Wildman–Crippen LogP) is 6.71. The van der Waals surface area contributed by atoms with E-state index in [1.807, 2.05) is 18.2 Å². The van der Waals surface area contributed by atoms with Crippen molar-refractivity contribution in [2.24, 2.45) is 14.0 Å². The summed E-state index contributed by atoms with van der Waals surface area (Å²) in [5.74, 6) is 0.930. The molecule has 0 radical (unpaired) electrons. The van der Waals surface area contributed by atoms with E-state index in [2.05, 4.69) is 66.7 Å². The molecule has 30 heavy (non-hydrogen) atoms. The van der Waals surface area contributed by atoms with E-state index in [4.69, 9.17) is 41.4 Å². The van der Waals surface area contributed by atoms with Crippen LogP contribution < -0.4 is 4.74 Å². The maximum absolute atomic E-state index is 6.31. The average molecular weight is 470 g/mol. The fraction of sp³-hybridized carbons (Fsp3) is 0.318. The molecule has 154 valence electrons. The van der Waals surface area contributed by atoms with Crippen LogP contribution in [0.25, 0.3) is 11.1 Å². The van der Waals surface area contributed by atoms with E-state index in [1.54, 1.807) is 0 Å². The van der Waals surface area contributed by atoms with Gasteiger partial charge < -0.3 is 4.74 Å². The van der Waals surface area contributed by atoms with Crippen molar-refractivity contribution in [1.29, 1.82) is 0 Å². The number of thiocarbonyl (C=S) groups is 3. The molecular formula is C22H23N3OS3Si. The first-order valence-corrected chi connectivity index (χ1v) is 13.0. The lowest BCUT2D eigenvalue weighted by molar-refractivity contribution is 0.314. The highest BCUT2D eigenvalue weighted by atomic mass is 32.1. The number of hydrogen-bond acceptors (Lipinski definition) is 7. The Hall–Kier alpha value is -2.14. The first-order chi connectivity index (χ1) is 14.7. The Morgan fingerprint density at radius 1 is 0.867 bits per heavy atom. The molecule has 0 fully saturated rings. The zero-order chi connectivity index (χ0) is 21.7. The summed E-state index contributed by atoms with van der Waals surface area (Å²) >= 11 is 14.3. The molecular weight excluding hydrogens is 447 g/mol. The lowest BCUT2D eigenvalue weighted by Gasteiger charge is -2.17. The first-order valence-electron chi connectivity index (χ1n) is 9.77. The van der Waals surface area contributed by atoms with Crippen LogP contribution >= 0.6 is 36.7 Å². The molecule has 0 amide bonds. The smallest absolute Gasteiger partial charge is 0.461 e. The number of nitrogens with zero attached hydrogens (tertiary/aromatic N) is 3. The van der Waals surface area contributed by atoms with Gasteiger partial charge in [0.25, 0.3) is 0 Å². The molecule has 0 spiro atoms. The van der Waals surface area contributed by atoms with E-state index in [9.17, 15) is 0 Å². The van der Waals surface area contributed by atoms with Gasteiger partial charge in [0.15, 0.2) is 0 Å². The molecule has 0 aromatic heterocycles.